The lowest BCUT2D eigenvalue weighted by molar-refractivity contribution is 0.0941. The van der Waals surface area contributed by atoms with E-state index in [1.165, 1.54) is 18.2 Å². The third kappa shape index (κ3) is 5.66. The quantitative estimate of drug-likeness (QED) is 0.190. The number of fused-ring (bicyclic) bond motifs is 1. The van der Waals surface area contributed by atoms with E-state index in [2.05, 4.69) is 27.3 Å². The van der Waals surface area contributed by atoms with Crippen LogP contribution in [0.1, 0.15) is 40.5 Å². The predicted molar refractivity (Wildman–Crippen MR) is 164 cm³/mol. The van der Waals surface area contributed by atoms with Gasteiger partial charge in [-0.2, -0.15) is 0 Å². The Morgan fingerprint density at radius 2 is 1.76 bits per heavy atom. The van der Waals surface area contributed by atoms with Gasteiger partial charge in [0.2, 0.25) is 0 Å². The number of nitrogens with two attached hydrogens (primary N) is 1. The van der Waals surface area contributed by atoms with Crippen LogP contribution in [0.3, 0.4) is 0 Å². The first-order chi connectivity index (χ1) is 20.4. The molecular weight excluding hydrogens is 531 g/mol. The zero-order valence-electron chi connectivity index (χ0n) is 23.3. The summed E-state index contributed by atoms with van der Waals surface area (Å²) in [6.45, 7) is 1.87. The standard InChI is InChI=1S/C34H33FN4O3/c1-42-28-17-23(21-6-9-27(10-7-21)39-14-12-26(36)13-15-39)16-24(18-28)34(41)38-33(29-20-25(35)8-11-32(29)40)31-19-22-4-2-3-5-30(22)37-31/h2-11,16-20,26,33,37,40H,12-15,36H2,1H3,(H,38,41). The molecule has 0 saturated carbocycles. The summed E-state index contributed by atoms with van der Waals surface area (Å²) in [6, 6.07) is 26.3. The van der Waals surface area contributed by atoms with Gasteiger partial charge in [0.05, 0.1) is 13.2 Å². The molecule has 0 aliphatic carbocycles. The molecule has 2 heterocycles. The molecule has 1 unspecified atom stereocenters. The number of H-pyrrole nitrogens is 1. The fourth-order valence-electron chi connectivity index (χ4n) is 5.58. The second-order valence-electron chi connectivity index (χ2n) is 10.7. The molecule has 1 amide bonds. The summed E-state index contributed by atoms with van der Waals surface area (Å²) in [6.07, 6.45) is 1.95. The number of phenols is 1. The predicted octanol–water partition coefficient (Wildman–Crippen LogP) is 6.14. The molecule has 5 N–H and O–H groups in total. The summed E-state index contributed by atoms with van der Waals surface area (Å²) in [5.74, 6) is -0.508. The summed E-state index contributed by atoms with van der Waals surface area (Å²) >= 11 is 0. The number of hydrogen-bond donors (Lipinski definition) is 4. The zero-order chi connectivity index (χ0) is 29.2. The number of aromatic hydroxyl groups is 1. The number of nitrogens with one attached hydrogen (secondary N) is 2. The van der Waals surface area contributed by atoms with Gasteiger partial charge < -0.3 is 30.8 Å². The van der Waals surface area contributed by atoms with Crippen molar-refractivity contribution in [3.63, 3.8) is 0 Å². The summed E-state index contributed by atoms with van der Waals surface area (Å²) in [7, 11) is 1.56. The van der Waals surface area contributed by atoms with Gasteiger partial charge >= 0.3 is 0 Å². The van der Waals surface area contributed by atoms with Crippen LogP contribution in [0, 0.1) is 5.82 Å². The van der Waals surface area contributed by atoms with Crippen LogP contribution in [0.4, 0.5) is 10.1 Å². The number of methoxy groups -OCH3 is 1. The maximum atomic E-state index is 14.3. The van der Waals surface area contributed by atoms with Gasteiger partial charge in [0.25, 0.3) is 5.91 Å². The number of ether oxygens (including phenoxy) is 1. The summed E-state index contributed by atoms with van der Waals surface area (Å²) in [5.41, 5.74) is 11.1. The molecule has 6 rings (SSSR count). The van der Waals surface area contributed by atoms with Crippen LogP contribution in [0.25, 0.3) is 22.0 Å². The molecule has 8 heteroatoms. The minimum atomic E-state index is -0.841. The van der Waals surface area contributed by atoms with Gasteiger partial charge in [0.1, 0.15) is 17.3 Å². The summed E-state index contributed by atoms with van der Waals surface area (Å²) in [5, 5.41) is 14.6. The van der Waals surface area contributed by atoms with E-state index in [1.807, 2.05) is 48.5 Å². The number of aromatic nitrogens is 1. The third-order valence-corrected chi connectivity index (χ3v) is 7.95. The van der Waals surface area contributed by atoms with Crippen LogP contribution in [-0.4, -0.2) is 42.2 Å². The van der Waals surface area contributed by atoms with E-state index in [9.17, 15) is 14.3 Å². The molecule has 214 valence electrons. The van der Waals surface area contributed by atoms with Crippen molar-refractivity contribution < 1.29 is 19.0 Å². The molecule has 1 aromatic heterocycles. The minimum absolute atomic E-state index is 0.123. The first-order valence-corrected chi connectivity index (χ1v) is 14.0. The van der Waals surface area contributed by atoms with Crippen LogP contribution in [0.5, 0.6) is 11.5 Å². The number of nitrogens with zero attached hydrogens (tertiary/aromatic N) is 1. The van der Waals surface area contributed by atoms with Crippen LogP contribution < -0.4 is 20.7 Å². The molecule has 1 saturated heterocycles. The monoisotopic (exact) mass is 564 g/mol. The molecule has 1 atom stereocenters. The number of hydrogen-bond acceptors (Lipinski definition) is 5. The Hall–Kier alpha value is -4.82. The second-order valence-corrected chi connectivity index (χ2v) is 10.7. The van der Waals surface area contributed by atoms with E-state index >= 15 is 0 Å². The molecule has 1 fully saturated rings. The fraction of sp³-hybridized carbons (Fsp3) is 0.206. The third-order valence-electron chi connectivity index (χ3n) is 7.95. The van der Waals surface area contributed by atoms with Gasteiger partial charge in [-0.1, -0.05) is 30.3 Å². The molecular formula is C34H33FN4O3. The topological polar surface area (TPSA) is 104 Å². The van der Waals surface area contributed by atoms with Gasteiger partial charge in [-0.3, -0.25) is 4.79 Å². The first kappa shape index (κ1) is 27.4. The van der Waals surface area contributed by atoms with E-state index in [4.69, 9.17) is 10.5 Å². The molecule has 1 aliphatic heterocycles. The normalized spacial score (nSPS) is 14.6. The Morgan fingerprint density at radius 3 is 2.50 bits per heavy atom. The van der Waals surface area contributed by atoms with Gasteiger partial charge in [-0.15, -0.1) is 0 Å². The number of benzene rings is 4. The molecule has 4 aromatic carbocycles. The number of phenolic OH excluding ortho intramolecular Hbond substituents is 1. The molecule has 42 heavy (non-hydrogen) atoms. The SMILES string of the molecule is COc1cc(C(=O)NC(c2cc3ccccc3[nH]2)c2cc(F)ccc2O)cc(-c2ccc(N3CCC(N)CC3)cc2)c1. The Bertz CT molecular complexity index is 1690. The van der Waals surface area contributed by atoms with Crippen LogP contribution in [-0.2, 0) is 0 Å². The average Bonchev–Trinajstić information content (AvgIpc) is 3.45. The van der Waals surface area contributed by atoms with Crippen molar-refractivity contribution in [2.24, 2.45) is 5.73 Å². The van der Waals surface area contributed by atoms with E-state index in [0.29, 0.717) is 17.0 Å². The van der Waals surface area contributed by atoms with E-state index in [0.717, 1.165) is 53.6 Å². The molecule has 0 bridgehead atoms. The number of aromatic amines is 1. The minimum Gasteiger partial charge on any atom is -0.508 e. The maximum Gasteiger partial charge on any atom is 0.252 e. The van der Waals surface area contributed by atoms with Crippen molar-refractivity contribution in [2.45, 2.75) is 24.9 Å². The molecule has 0 spiro atoms. The van der Waals surface area contributed by atoms with Crippen molar-refractivity contribution >= 4 is 22.5 Å². The van der Waals surface area contributed by atoms with Crippen LogP contribution in [0.15, 0.2) is 91.0 Å². The number of halogens is 1. The van der Waals surface area contributed by atoms with Crippen molar-refractivity contribution in [3.8, 4) is 22.6 Å². The van der Waals surface area contributed by atoms with Crippen LogP contribution >= 0.6 is 0 Å². The zero-order valence-corrected chi connectivity index (χ0v) is 23.3. The first-order valence-electron chi connectivity index (χ1n) is 14.0. The Labute approximate surface area is 243 Å². The number of carbonyl (C=O) groups excluding carboxylic acids is 1. The molecule has 1 aliphatic rings. The lowest BCUT2D eigenvalue weighted by atomic mass is 9.99. The van der Waals surface area contributed by atoms with E-state index in [1.54, 1.807) is 19.2 Å². The van der Waals surface area contributed by atoms with Crippen molar-refractivity contribution in [1.82, 2.24) is 10.3 Å². The highest BCUT2D eigenvalue weighted by Crippen LogP contribution is 2.33. The largest absolute Gasteiger partial charge is 0.508 e. The highest BCUT2D eigenvalue weighted by Gasteiger charge is 2.24. The maximum absolute atomic E-state index is 14.3. The van der Waals surface area contributed by atoms with Gasteiger partial charge in [-0.25, -0.2) is 4.39 Å². The number of para-hydroxylation sites is 1. The summed E-state index contributed by atoms with van der Waals surface area (Å²) in [4.78, 5) is 19.4. The lowest BCUT2D eigenvalue weighted by Crippen LogP contribution is -2.39. The van der Waals surface area contributed by atoms with Gasteiger partial charge in [0, 0.05) is 47.2 Å². The highest BCUT2D eigenvalue weighted by molar-refractivity contribution is 5.97. The van der Waals surface area contributed by atoms with E-state index in [-0.39, 0.29) is 17.4 Å². The lowest BCUT2D eigenvalue weighted by Gasteiger charge is -2.32. The Kier molecular flexibility index (Phi) is 7.54. The Morgan fingerprint density at radius 1 is 1.00 bits per heavy atom. The van der Waals surface area contributed by atoms with Crippen molar-refractivity contribution in [2.75, 3.05) is 25.1 Å². The second kappa shape index (κ2) is 11.6. The molecule has 7 nitrogen and oxygen atoms in total. The number of rotatable bonds is 7. The number of amides is 1. The van der Waals surface area contributed by atoms with Crippen molar-refractivity contribution in [3.05, 3.63) is 114 Å². The fourth-order valence-corrected chi connectivity index (χ4v) is 5.58. The van der Waals surface area contributed by atoms with Crippen LogP contribution in [0.2, 0.25) is 0 Å². The number of anilines is 1. The molecule has 5 aromatic rings. The van der Waals surface area contributed by atoms with Crippen molar-refractivity contribution in [1.29, 1.82) is 0 Å². The number of carbonyl (C=O) groups is 1. The summed E-state index contributed by atoms with van der Waals surface area (Å²) < 4.78 is 19.9. The Balaban J connectivity index is 1.32. The smallest absolute Gasteiger partial charge is 0.252 e. The number of piperidine rings is 1. The van der Waals surface area contributed by atoms with Gasteiger partial charge in [-0.05, 0) is 90.0 Å². The molecule has 0 radical (unpaired) electrons. The average molecular weight is 565 g/mol. The highest BCUT2D eigenvalue weighted by atomic mass is 19.1. The van der Waals surface area contributed by atoms with E-state index < -0.39 is 17.8 Å². The van der Waals surface area contributed by atoms with Gasteiger partial charge in [0.15, 0.2) is 0 Å².